The van der Waals surface area contributed by atoms with E-state index in [0.717, 1.165) is 13.0 Å². The van der Waals surface area contributed by atoms with Crippen LogP contribution in [0.1, 0.15) is 13.3 Å². The molecule has 0 bridgehead atoms. The third kappa shape index (κ3) is 3.69. The Balaban J connectivity index is 2.45. The van der Waals surface area contributed by atoms with Crippen molar-refractivity contribution in [2.45, 2.75) is 19.4 Å². The van der Waals surface area contributed by atoms with E-state index in [1.165, 1.54) is 0 Å². The number of sulfonamides is 1. The van der Waals surface area contributed by atoms with Crippen molar-refractivity contribution in [1.82, 2.24) is 14.5 Å². The van der Waals surface area contributed by atoms with Gasteiger partial charge in [0.05, 0.1) is 5.75 Å². The SMILES string of the molecule is CCNCCS(=O)(=O)N1CCC(N(C)C)C1. The lowest BCUT2D eigenvalue weighted by atomic mass is 10.2. The minimum absolute atomic E-state index is 0.209. The van der Waals surface area contributed by atoms with E-state index in [2.05, 4.69) is 10.2 Å². The summed E-state index contributed by atoms with van der Waals surface area (Å²) in [6.07, 6.45) is 0.938. The summed E-state index contributed by atoms with van der Waals surface area (Å²) in [5.41, 5.74) is 0. The van der Waals surface area contributed by atoms with Gasteiger partial charge in [-0.2, -0.15) is 0 Å². The van der Waals surface area contributed by atoms with Crippen LogP contribution in [0, 0.1) is 0 Å². The number of rotatable bonds is 6. The average Bonchev–Trinajstić information content (AvgIpc) is 2.67. The topological polar surface area (TPSA) is 52.7 Å². The first kappa shape index (κ1) is 13.9. The van der Waals surface area contributed by atoms with E-state index in [1.54, 1.807) is 4.31 Å². The third-order valence-electron chi connectivity index (χ3n) is 3.04. The Morgan fingerprint density at radius 2 is 2.12 bits per heavy atom. The van der Waals surface area contributed by atoms with Gasteiger partial charge in [-0.1, -0.05) is 6.92 Å². The molecule has 0 spiro atoms. The number of nitrogens with one attached hydrogen (secondary N) is 1. The Hall–Kier alpha value is -0.170. The molecule has 96 valence electrons. The van der Waals surface area contributed by atoms with E-state index in [9.17, 15) is 8.42 Å². The van der Waals surface area contributed by atoms with Gasteiger partial charge in [0.25, 0.3) is 0 Å². The smallest absolute Gasteiger partial charge is 0.215 e. The first-order valence-corrected chi connectivity index (χ1v) is 7.43. The molecule has 1 saturated heterocycles. The third-order valence-corrected chi connectivity index (χ3v) is 4.88. The fourth-order valence-corrected chi connectivity index (χ4v) is 3.34. The van der Waals surface area contributed by atoms with Gasteiger partial charge in [0.15, 0.2) is 0 Å². The Morgan fingerprint density at radius 1 is 1.44 bits per heavy atom. The van der Waals surface area contributed by atoms with Gasteiger partial charge in [-0.15, -0.1) is 0 Å². The molecule has 0 aliphatic carbocycles. The zero-order valence-electron chi connectivity index (χ0n) is 10.4. The monoisotopic (exact) mass is 249 g/mol. The van der Waals surface area contributed by atoms with Crippen molar-refractivity contribution in [3.05, 3.63) is 0 Å². The summed E-state index contributed by atoms with van der Waals surface area (Å²) in [6, 6.07) is 0.369. The highest BCUT2D eigenvalue weighted by molar-refractivity contribution is 7.89. The molecule has 1 fully saturated rings. The zero-order valence-corrected chi connectivity index (χ0v) is 11.3. The van der Waals surface area contributed by atoms with Crippen LogP contribution in [-0.2, 0) is 10.0 Å². The van der Waals surface area contributed by atoms with Gasteiger partial charge >= 0.3 is 0 Å². The van der Waals surface area contributed by atoms with Crippen LogP contribution in [0.4, 0.5) is 0 Å². The maximum Gasteiger partial charge on any atom is 0.215 e. The largest absolute Gasteiger partial charge is 0.316 e. The van der Waals surface area contributed by atoms with Crippen LogP contribution in [0.3, 0.4) is 0 Å². The first-order chi connectivity index (χ1) is 7.47. The number of hydrogen-bond donors (Lipinski definition) is 1. The molecule has 0 radical (unpaired) electrons. The van der Waals surface area contributed by atoms with Gasteiger partial charge in [0.1, 0.15) is 0 Å². The standard InChI is InChI=1S/C10H23N3O2S/c1-4-11-6-8-16(14,15)13-7-5-10(9-13)12(2)3/h10-11H,4-9H2,1-3H3. The van der Waals surface area contributed by atoms with Crippen molar-refractivity contribution in [2.75, 3.05) is 46.0 Å². The zero-order chi connectivity index (χ0) is 12.2. The second-order valence-corrected chi connectivity index (χ2v) is 6.52. The van der Waals surface area contributed by atoms with Crippen LogP contribution in [0.2, 0.25) is 0 Å². The van der Waals surface area contributed by atoms with E-state index in [0.29, 0.717) is 25.7 Å². The van der Waals surface area contributed by atoms with Crippen molar-refractivity contribution in [3.63, 3.8) is 0 Å². The van der Waals surface area contributed by atoms with Crippen LogP contribution in [-0.4, -0.2) is 69.7 Å². The van der Waals surface area contributed by atoms with Crippen LogP contribution < -0.4 is 5.32 Å². The first-order valence-electron chi connectivity index (χ1n) is 5.82. The maximum atomic E-state index is 11.9. The van der Waals surface area contributed by atoms with E-state index in [4.69, 9.17) is 0 Å². The lowest BCUT2D eigenvalue weighted by Crippen LogP contribution is -2.37. The molecule has 5 nitrogen and oxygen atoms in total. The minimum atomic E-state index is -3.05. The van der Waals surface area contributed by atoms with Crippen LogP contribution in [0.25, 0.3) is 0 Å². The molecule has 1 atom stereocenters. The van der Waals surface area contributed by atoms with E-state index >= 15 is 0 Å². The Kier molecular flexibility index (Phi) is 5.17. The van der Waals surface area contributed by atoms with Crippen molar-refractivity contribution in [1.29, 1.82) is 0 Å². The highest BCUT2D eigenvalue weighted by atomic mass is 32.2. The molecule has 1 N–H and O–H groups in total. The highest BCUT2D eigenvalue weighted by Gasteiger charge is 2.31. The van der Waals surface area contributed by atoms with E-state index in [1.807, 2.05) is 21.0 Å². The van der Waals surface area contributed by atoms with Gasteiger partial charge < -0.3 is 10.2 Å². The number of likely N-dealkylation sites (N-methyl/N-ethyl adjacent to an activating group) is 1. The molecule has 1 unspecified atom stereocenters. The minimum Gasteiger partial charge on any atom is -0.316 e. The fourth-order valence-electron chi connectivity index (χ4n) is 1.89. The van der Waals surface area contributed by atoms with Crippen LogP contribution in [0.5, 0.6) is 0 Å². The summed E-state index contributed by atoms with van der Waals surface area (Å²) in [7, 11) is 0.944. The normalized spacial score (nSPS) is 23.1. The number of nitrogens with zero attached hydrogens (tertiary/aromatic N) is 2. The molecule has 0 aromatic carbocycles. The van der Waals surface area contributed by atoms with Gasteiger partial charge in [0.2, 0.25) is 10.0 Å². The molecule has 0 saturated carbocycles. The van der Waals surface area contributed by atoms with Crippen molar-refractivity contribution < 1.29 is 8.42 Å². The van der Waals surface area contributed by atoms with Crippen molar-refractivity contribution >= 4 is 10.0 Å². The molecule has 16 heavy (non-hydrogen) atoms. The van der Waals surface area contributed by atoms with Gasteiger partial charge in [-0.05, 0) is 27.1 Å². The summed E-state index contributed by atoms with van der Waals surface area (Å²) in [5.74, 6) is 0.209. The molecule has 0 aromatic rings. The van der Waals surface area contributed by atoms with Gasteiger partial charge in [-0.25, -0.2) is 12.7 Å². The predicted octanol–water partition coefficient (Wildman–Crippen LogP) is -0.438. The van der Waals surface area contributed by atoms with Crippen LogP contribution in [0.15, 0.2) is 0 Å². The lowest BCUT2D eigenvalue weighted by Gasteiger charge is -2.20. The lowest BCUT2D eigenvalue weighted by molar-refractivity contribution is 0.302. The Labute approximate surface area is 98.8 Å². The van der Waals surface area contributed by atoms with Gasteiger partial charge in [0, 0.05) is 25.7 Å². The molecular formula is C10H23N3O2S. The second kappa shape index (κ2) is 5.95. The molecule has 1 rings (SSSR count). The predicted molar refractivity (Wildman–Crippen MR) is 66.0 cm³/mol. The molecule has 1 aliphatic heterocycles. The summed E-state index contributed by atoms with van der Waals surface area (Å²) in [5, 5.41) is 3.05. The van der Waals surface area contributed by atoms with E-state index in [-0.39, 0.29) is 5.75 Å². The quantitative estimate of drug-likeness (QED) is 0.649. The summed E-state index contributed by atoms with van der Waals surface area (Å²) < 4.78 is 25.5. The summed E-state index contributed by atoms with van der Waals surface area (Å²) in [4.78, 5) is 2.10. The van der Waals surface area contributed by atoms with Crippen molar-refractivity contribution in [2.24, 2.45) is 0 Å². The molecule has 0 aromatic heterocycles. The molecule has 1 heterocycles. The van der Waals surface area contributed by atoms with Gasteiger partial charge in [-0.3, -0.25) is 0 Å². The average molecular weight is 249 g/mol. The second-order valence-electron chi connectivity index (χ2n) is 4.43. The summed E-state index contributed by atoms with van der Waals surface area (Å²) in [6.45, 7) is 4.64. The summed E-state index contributed by atoms with van der Waals surface area (Å²) >= 11 is 0. The maximum absolute atomic E-state index is 11.9. The molecule has 6 heteroatoms. The molecule has 0 amide bonds. The highest BCUT2D eigenvalue weighted by Crippen LogP contribution is 2.16. The number of hydrogen-bond acceptors (Lipinski definition) is 4. The Bertz CT molecular complexity index is 303. The van der Waals surface area contributed by atoms with E-state index < -0.39 is 10.0 Å². The molecule has 1 aliphatic rings. The fraction of sp³-hybridized carbons (Fsp3) is 1.00. The molecular weight excluding hydrogens is 226 g/mol. The van der Waals surface area contributed by atoms with Crippen LogP contribution >= 0.6 is 0 Å². The van der Waals surface area contributed by atoms with Crippen molar-refractivity contribution in [3.8, 4) is 0 Å². The Morgan fingerprint density at radius 3 is 2.62 bits per heavy atom.